The topological polar surface area (TPSA) is 21.3 Å². The van der Waals surface area contributed by atoms with Crippen molar-refractivity contribution in [3.8, 4) is 0 Å². The van der Waals surface area contributed by atoms with E-state index in [-0.39, 0.29) is 6.04 Å². The third-order valence-corrected chi connectivity index (χ3v) is 6.92. The van der Waals surface area contributed by atoms with Crippen LogP contribution in [0.4, 0.5) is 0 Å². The molecule has 146 valence electrons. The first kappa shape index (κ1) is 19.8. The van der Waals surface area contributed by atoms with Crippen molar-refractivity contribution in [2.75, 3.05) is 13.2 Å². The fourth-order valence-electron chi connectivity index (χ4n) is 3.42. The fraction of sp³-hybridized carbons (Fsp3) is 0.154. The van der Waals surface area contributed by atoms with Crippen molar-refractivity contribution in [1.29, 1.82) is 0 Å². The van der Waals surface area contributed by atoms with Crippen molar-refractivity contribution in [2.45, 2.75) is 6.04 Å². The van der Waals surface area contributed by atoms with Gasteiger partial charge in [0.2, 0.25) is 0 Å². The van der Waals surface area contributed by atoms with Gasteiger partial charge in [-0.15, -0.1) is 0 Å². The van der Waals surface area contributed by atoms with E-state index in [9.17, 15) is 0 Å². The van der Waals surface area contributed by atoms with Gasteiger partial charge in [0, 0.05) is 23.1 Å². The van der Waals surface area contributed by atoms with Gasteiger partial charge in [0.05, 0.1) is 20.8 Å². The van der Waals surface area contributed by atoms with E-state index in [2.05, 4.69) is 121 Å². The third-order valence-electron chi connectivity index (χ3n) is 4.98. The Bertz CT molecular complexity index is 873. The molecule has 0 radical (unpaired) electrons. The quantitative estimate of drug-likeness (QED) is 0.504. The first-order valence-electron chi connectivity index (χ1n) is 10.1. The molecule has 0 aliphatic heterocycles. The van der Waals surface area contributed by atoms with Crippen LogP contribution in [-0.4, -0.2) is 13.2 Å². The second-order valence-corrected chi connectivity index (χ2v) is 8.95. The Labute approximate surface area is 174 Å². The summed E-state index contributed by atoms with van der Waals surface area (Å²) in [5, 5.41) is 6.20. The van der Waals surface area contributed by atoms with E-state index in [1.54, 1.807) is 0 Å². The third kappa shape index (κ3) is 5.52. The van der Waals surface area contributed by atoms with Crippen LogP contribution in [0.2, 0.25) is 0 Å². The van der Waals surface area contributed by atoms with Crippen molar-refractivity contribution in [3.63, 3.8) is 0 Å². The van der Waals surface area contributed by atoms with Gasteiger partial charge in [-0.25, -0.2) is 0 Å². The molecule has 0 bridgehead atoms. The smallest absolute Gasteiger partial charge is 0.0918 e. The van der Waals surface area contributed by atoms with Crippen LogP contribution in [0, 0.1) is 5.92 Å². The summed E-state index contributed by atoms with van der Waals surface area (Å²) < 4.78 is 6.61. The Morgan fingerprint density at radius 2 is 1.24 bits per heavy atom. The molecule has 3 heteroatoms. The van der Waals surface area contributed by atoms with Gasteiger partial charge in [-0.1, -0.05) is 115 Å². The zero-order valence-corrected chi connectivity index (χ0v) is 17.3. The van der Waals surface area contributed by atoms with Crippen molar-refractivity contribution < 1.29 is 4.52 Å². The maximum absolute atomic E-state index is 6.61. The highest BCUT2D eigenvalue weighted by Gasteiger charge is 2.19. The van der Waals surface area contributed by atoms with E-state index in [1.165, 1.54) is 16.2 Å². The van der Waals surface area contributed by atoms with Crippen molar-refractivity contribution in [3.05, 3.63) is 121 Å². The van der Waals surface area contributed by atoms with E-state index >= 15 is 0 Å². The molecule has 3 aromatic rings. The lowest BCUT2D eigenvalue weighted by molar-refractivity contribution is 0.295. The summed E-state index contributed by atoms with van der Waals surface area (Å²) in [5.74, 6) is 0.450. The molecule has 1 aliphatic carbocycles. The van der Waals surface area contributed by atoms with Crippen LogP contribution in [0.1, 0.15) is 11.6 Å². The van der Waals surface area contributed by atoms with Crippen LogP contribution in [0.5, 0.6) is 0 Å². The number of rotatable bonds is 9. The summed E-state index contributed by atoms with van der Waals surface area (Å²) in [6.07, 6.45) is 8.70. The first-order valence-corrected chi connectivity index (χ1v) is 11.3. The molecule has 0 unspecified atom stereocenters. The molecular weight excluding hydrogens is 373 g/mol. The Hall–Kier alpha value is -2.51. The number of hydrogen-bond acceptors (Lipinski definition) is 2. The maximum Gasteiger partial charge on any atom is 0.0918 e. The highest BCUT2D eigenvalue weighted by molar-refractivity contribution is 7.68. The molecular formula is C26H26NOP. The second-order valence-electron chi connectivity index (χ2n) is 7.07. The zero-order chi connectivity index (χ0) is 19.7. The molecule has 0 spiro atoms. The standard InChI is InChI=1S/C26H26NOP/c1-4-14-23(15-5-1)26(27-20-22-12-10-11-13-22)21-28-29(24-16-6-2-7-17-24)25-18-8-3-9-19-25/h1-19,22,26-27H,20-21H2/t26-/m0/s1. The molecule has 4 rings (SSSR count). The highest BCUT2D eigenvalue weighted by atomic mass is 31.1. The van der Waals surface area contributed by atoms with E-state index < -0.39 is 8.15 Å². The average Bonchev–Trinajstić information content (AvgIpc) is 3.32. The summed E-state index contributed by atoms with van der Waals surface area (Å²) in [5.41, 5.74) is 1.26. The molecule has 1 aliphatic rings. The molecule has 3 aromatic carbocycles. The minimum Gasteiger partial charge on any atom is -0.348 e. The van der Waals surface area contributed by atoms with Crippen LogP contribution in [0.15, 0.2) is 115 Å². The van der Waals surface area contributed by atoms with Gasteiger partial charge >= 0.3 is 0 Å². The summed E-state index contributed by atoms with van der Waals surface area (Å²) in [6, 6.07) is 31.9. The van der Waals surface area contributed by atoms with Gasteiger partial charge in [0.1, 0.15) is 0 Å². The van der Waals surface area contributed by atoms with Gasteiger partial charge in [-0.3, -0.25) is 0 Å². The fourth-order valence-corrected chi connectivity index (χ4v) is 5.20. The van der Waals surface area contributed by atoms with Crippen LogP contribution in [-0.2, 0) is 4.52 Å². The summed E-state index contributed by atoms with van der Waals surface area (Å²) in [4.78, 5) is 0. The number of hydrogen-bond donors (Lipinski definition) is 1. The predicted octanol–water partition coefficient (Wildman–Crippen LogP) is 5.12. The Balaban J connectivity index is 1.51. The van der Waals surface area contributed by atoms with Crippen LogP contribution >= 0.6 is 8.15 Å². The van der Waals surface area contributed by atoms with E-state index in [0.29, 0.717) is 12.5 Å². The molecule has 0 saturated heterocycles. The minimum atomic E-state index is -0.863. The Kier molecular flexibility index (Phi) is 7.04. The van der Waals surface area contributed by atoms with Crippen molar-refractivity contribution >= 4 is 18.8 Å². The number of allylic oxidation sites excluding steroid dienone is 2. The van der Waals surface area contributed by atoms with E-state index in [4.69, 9.17) is 4.52 Å². The molecule has 0 aromatic heterocycles. The second kappa shape index (κ2) is 10.3. The van der Waals surface area contributed by atoms with Gasteiger partial charge < -0.3 is 9.84 Å². The minimum absolute atomic E-state index is 0.149. The molecule has 0 amide bonds. The highest BCUT2D eigenvalue weighted by Crippen LogP contribution is 2.36. The van der Waals surface area contributed by atoms with Gasteiger partial charge in [-0.2, -0.15) is 0 Å². The number of nitrogens with one attached hydrogen (secondary N) is 1. The lowest BCUT2D eigenvalue weighted by Gasteiger charge is -2.25. The van der Waals surface area contributed by atoms with Crippen molar-refractivity contribution in [2.24, 2.45) is 5.92 Å². The molecule has 1 atom stereocenters. The zero-order valence-electron chi connectivity index (χ0n) is 16.4. The maximum atomic E-state index is 6.61. The summed E-state index contributed by atoms with van der Waals surface area (Å²) in [6.45, 7) is 1.53. The van der Waals surface area contributed by atoms with Crippen LogP contribution < -0.4 is 15.9 Å². The van der Waals surface area contributed by atoms with Crippen molar-refractivity contribution in [1.82, 2.24) is 5.32 Å². The van der Waals surface area contributed by atoms with Gasteiger partial charge in [0.25, 0.3) is 0 Å². The van der Waals surface area contributed by atoms with E-state index in [1.807, 2.05) is 0 Å². The average molecular weight is 399 g/mol. The predicted molar refractivity (Wildman–Crippen MR) is 124 cm³/mol. The molecule has 0 fully saturated rings. The molecule has 0 heterocycles. The number of benzene rings is 3. The lowest BCUT2D eigenvalue weighted by atomic mass is 10.1. The first-order chi connectivity index (χ1) is 14.4. The lowest BCUT2D eigenvalue weighted by Crippen LogP contribution is -2.29. The molecule has 29 heavy (non-hydrogen) atoms. The van der Waals surface area contributed by atoms with E-state index in [0.717, 1.165) is 6.54 Å². The van der Waals surface area contributed by atoms with Crippen LogP contribution in [0.25, 0.3) is 0 Å². The monoisotopic (exact) mass is 399 g/mol. The SMILES string of the molecule is C1=CC(CN[C@@H](COP(c2ccccc2)c2ccccc2)c2ccccc2)C=C1. The van der Waals surface area contributed by atoms with Gasteiger partial charge in [-0.05, 0) is 5.56 Å². The Morgan fingerprint density at radius 3 is 1.79 bits per heavy atom. The normalized spacial score (nSPS) is 14.5. The molecule has 2 nitrogen and oxygen atoms in total. The van der Waals surface area contributed by atoms with Crippen LogP contribution in [0.3, 0.4) is 0 Å². The largest absolute Gasteiger partial charge is 0.348 e. The molecule has 1 N–H and O–H groups in total. The molecule has 0 saturated carbocycles. The Morgan fingerprint density at radius 1 is 0.724 bits per heavy atom. The summed E-state index contributed by atoms with van der Waals surface area (Å²) in [7, 11) is -0.863. The van der Waals surface area contributed by atoms with Gasteiger partial charge in [0.15, 0.2) is 0 Å². The summed E-state index contributed by atoms with van der Waals surface area (Å²) >= 11 is 0.